The van der Waals surface area contributed by atoms with E-state index in [-0.39, 0.29) is 89.1 Å². The Labute approximate surface area is 678 Å². The Hall–Kier alpha value is -11.2. The summed E-state index contributed by atoms with van der Waals surface area (Å²) in [6, 6.07) is 16.8. The Morgan fingerprint density at radius 2 is 0.802 bits per heavy atom. The lowest BCUT2D eigenvalue weighted by Gasteiger charge is -2.28. The van der Waals surface area contributed by atoms with Gasteiger partial charge in [-0.3, -0.25) is 67.1 Å². The number of para-hydroxylation sites is 1. The molecule has 0 saturated heterocycles. The number of aliphatic hydroxyl groups excluding tert-OH is 1. The first-order chi connectivity index (χ1) is 55.2. The molecule has 0 aliphatic carbocycles. The Bertz CT molecular complexity index is 4040. The average Bonchev–Trinajstić information content (AvgIpc) is 1.54. The normalized spacial score (nSPS) is 14.7. The van der Waals surface area contributed by atoms with Crippen LogP contribution in [0.1, 0.15) is 148 Å². The zero-order chi connectivity index (χ0) is 85.6. The maximum absolute atomic E-state index is 15.1. The van der Waals surface area contributed by atoms with E-state index in [1.165, 1.54) is 0 Å². The molecule has 0 fully saturated rings. The lowest BCUT2D eigenvalue weighted by atomic mass is 9.96. The predicted octanol–water partition coefficient (Wildman–Crippen LogP) is 0.0102. The molecule has 0 unspecified atom stereocenters. The van der Waals surface area contributed by atoms with Crippen molar-refractivity contribution in [2.24, 2.45) is 52.3 Å². The molecule has 0 bridgehead atoms. The van der Waals surface area contributed by atoms with Crippen LogP contribution in [0, 0.1) is 23.7 Å². The molecule has 0 aliphatic rings. The van der Waals surface area contributed by atoms with Gasteiger partial charge in [-0.1, -0.05) is 171 Å². The van der Waals surface area contributed by atoms with Gasteiger partial charge < -0.3 is 103 Å². The number of amides is 14. The minimum Gasteiger partial charge on any atom is -0.394 e. The number of carbonyl (C=O) groups excluding carboxylic acids is 14. The molecular formula is C83H122N18O15. The molecule has 634 valence electrons. The van der Waals surface area contributed by atoms with Crippen molar-refractivity contribution in [3.8, 4) is 0 Å². The van der Waals surface area contributed by atoms with E-state index >= 15 is 4.79 Å². The maximum atomic E-state index is 15.1. The van der Waals surface area contributed by atoms with E-state index in [2.05, 4.69) is 68.8 Å². The van der Waals surface area contributed by atoms with Crippen LogP contribution in [0.25, 0.3) is 10.9 Å². The predicted molar refractivity (Wildman–Crippen MR) is 438 cm³/mol. The van der Waals surface area contributed by atoms with E-state index in [1.54, 1.807) is 150 Å². The molecular weight excluding hydrogens is 1490 g/mol. The second-order valence-corrected chi connectivity index (χ2v) is 30.6. The van der Waals surface area contributed by atoms with Gasteiger partial charge >= 0.3 is 0 Å². The molecule has 24 N–H and O–H groups in total. The van der Waals surface area contributed by atoms with Crippen molar-refractivity contribution in [2.75, 3.05) is 26.2 Å². The maximum Gasteiger partial charge on any atom is 0.245 e. The minimum absolute atomic E-state index is 0.00154. The largest absolute Gasteiger partial charge is 0.394 e. The van der Waals surface area contributed by atoms with Crippen molar-refractivity contribution in [2.45, 2.75) is 224 Å². The van der Waals surface area contributed by atoms with Crippen molar-refractivity contribution in [3.63, 3.8) is 0 Å². The van der Waals surface area contributed by atoms with Crippen LogP contribution >= 0.6 is 0 Å². The molecule has 4 aromatic carbocycles. The van der Waals surface area contributed by atoms with Crippen LogP contribution < -0.4 is 92.5 Å². The summed E-state index contributed by atoms with van der Waals surface area (Å²) in [6.45, 7) is 12.9. The number of hydrogen-bond acceptors (Lipinski definition) is 18. The minimum atomic E-state index is -1.81. The van der Waals surface area contributed by atoms with Crippen LogP contribution in [0.2, 0.25) is 0 Å². The van der Waals surface area contributed by atoms with Crippen LogP contribution in [0.3, 0.4) is 0 Å². The van der Waals surface area contributed by atoms with Gasteiger partial charge in [-0.25, -0.2) is 0 Å². The molecule has 0 radical (unpaired) electrons. The van der Waals surface area contributed by atoms with Gasteiger partial charge in [0.05, 0.1) is 19.2 Å². The third-order valence-corrected chi connectivity index (χ3v) is 19.7. The number of aromatic nitrogens is 1. The highest BCUT2D eigenvalue weighted by molar-refractivity contribution is 6.00. The summed E-state index contributed by atoms with van der Waals surface area (Å²) in [7, 11) is 0. The monoisotopic (exact) mass is 1610 g/mol. The smallest absolute Gasteiger partial charge is 0.245 e. The van der Waals surface area contributed by atoms with Gasteiger partial charge in [0, 0.05) is 42.8 Å². The summed E-state index contributed by atoms with van der Waals surface area (Å²) < 4.78 is 0. The fourth-order valence-electron chi connectivity index (χ4n) is 12.9. The number of nitrogens with one attached hydrogen (secondary N) is 13. The highest BCUT2D eigenvalue weighted by Gasteiger charge is 2.38. The number of H-pyrrole nitrogens is 1. The van der Waals surface area contributed by atoms with Crippen molar-refractivity contribution in [3.05, 3.63) is 144 Å². The molecule has 1 heterocycles. The first-order valence-corrected chi connectivity index (χ1v) is 39.9. The van der Waals surface area contributed by atoms with E-state index in [9.17, 15) is 67.4 Å². The third-order valence-electron chi connectivity index (χ3n) is 19.7. The van der Waals surface area contributed by atoms with Gasteiger partial charge in [0.1, 0.15) is 66.5 Å². The molecule has 5 rings (SSSR count). The van der Waals surface area contributed by atoms with Gasteiger partial charge in [-0.2, -0.15) is 0 Å². The molecule has 116 heavy (non-hydrogen) atoms. The van der Waals surface area contributed by atoms with Crippen LogP contribution in [-0.2, 0) is 92.8 Å². The zero-order valence-electron chi connectivity index (χ0n) is 67.8. The molecule has 5 aromatic rings. The standard InChI is InChI=1S/C83H122N18O15/c1-9-51(8)71(83(116)94-62(72(88)105)39-48(2)3)101-77(110)59(33-21-23-37-84)91-69(104)46-90-74(107)63(40-49(4)5)95-78(111)64(42-53-27-15-11-16-28-53)96-75(108)60(34-22-24-38-85)92-81(114)67(47-102)99-79(112)65(43-54-29-17-12-18-30-54)97-80(113)66(44-55-45-89-58-32-20-19-31-56(55)58)98-76(109)61(35-36-68(87)103)93-82(115)70(50(6)7)100-73(106)57(86)41-52-25-13-10-14-26-52/h10-20,25-32,45,48-51,57,59-67,70-71,89,102H,9,21-24,33-44,46-47,84-86H2,1-8H3,(H2,87,103)(H2,88,105)(H,90,107)(H,91,104)(H,92,114)(H,93,115)(H,94,116)(H,95,111)(H,96,108)(H,97,113)(H,98,109)(H,99,112)(H,100,106)(H,101,110)/t51-,57-,59-,60-,61-,62-,63-,64-,65-,66-,67-,70-,71-/m0/s1. The first-order valence-electron chi connectivity index (χ1n) is 39.9. The molecule has 0 saturated carbocycles. The Morgan fingerprint density at radius 3 is 1.28 bits per heavy atom. The first kappa shape index (κ1) is 95.4. The van der Waals surface area contributed by atoms with E-state index < -0.39 is 187 Å². The summed E-state index contributed by atoms with van der Waals surface area (Å²) in [5.41, 5.74) is 32.2. The van der Waals surface area contributed by atoms with Crippen LogP contribution in [0.4, 0.5) is 0 Å². The molecule has 0 spiro atoms. The van der Waals surface area contributed by atoms with Gasteiger partial charge in [0.25, 0.3) is 0 Å². The number of nitrogens with two attached hydrogens (primary N) is 5. The number of benzene rings is 4. The molecule has 13 atom stereocenters. The average molecular weight is 1610 g/mol. The van der Waals surface area contributed by atoms with E-state index in [1.807, 2.05) is 26.8 Å². The zero-order valence-corrected chi connectivity index (χ0v) is 67.8. The van der Waals surface area contributed by atoms with Gasteiger partial charge in [-0.05, 0) is 129 Å². The van der Waals surface area contributed by atoms with E-state index in [0.717, 1.165) is 5.56 Å². The molecule has 33 heteroatoms. The summed E-state index contributed by atoms with van der Waals surface area (Å²) in [5.74, 6) is -12.9. The van der Waals surface area contributed by atoms with E-state index in [0.29, 0.717) is 53.3 Å². The fourth-order valence-corrected chi connectivity index (χ4v) is 12.9. The van der Waals surface area contributed by atoms with Crippen molar-refractivity contribution < 1.29 is 72.2 Å². The van der Waals surface area contributed by atoms with Crippen molar-refractivity contribution >= 4 is 93.6 Å². The second-order valence-electron chi connectivity index (χ2n) is 30.6. The summed E-state index contributed by atoms with van der Waals surface area (Å²) in [4.78, 5) is 200. The van der Waals surface area contributed by atoms with Gasteiger partial charge in [-0.15, -0.1) is 0 Å². The second kappa shape index (κ2) is 49.6. The highest BCUT2D eigenvalue weighted by Crippen LogP contribution is 2.21. The summed E-state index contributed by atoms with van der Waals surface area (Å²) in [6.07, 6.45) is 2.66. The number of primary amides is 2. The Kier molecular flexibility index (Phi) is 40.8. The summed E-state index contributed by atoms with van der Waals surface area (Å²) in [5, 5.41) is 43.7. The fraction of sp³-hybridized carbons (Fsp3) is 0.518. The Balaban J connectivity index is 1.38. The van der Waals surface area contributed by atoms with Gasteiger partial charge in [0.15, 0.2) is 0 Å². The summed E-state index contributed by atoms with van der Waals surface area (Å²) >= 11 is 0. The van der Waals surface area contributed by atoms with Crippen LogP contribution in [0.15, 0.2) is 121 Å². The topological polar surface area (TPSA) is 549 Å². The van der Waals surface area contributed by atoms with Crippen LogP contribution in [0.5, 0.6) is 0 Å². The highest BCUT2D eigenvalue weighted by atomic mass is 16.3. The SMILES string of the molecule is CC[C@H](C)[C@H](NC(=O)[C@H](CCCCN)NC(=O)CNC(=O)[C@H](CC(C)C)NC(=O)[C@H](Cc1ccccc1)NC(=O)[C@H](CCCCN)NC(=O)[C@H](CO)NC(=O)[C@H](Cc1ccccc1)NC(=O)[C@H](Cc1c[nH]c2ccccc12)NC(=O)[C@H](CCC(N)=O)NC(=O)[C@@H](NC(=O)[C@@H](N)Cc1ccccc1)C(C)C)C(=O)N[C@@H](CC(C)C)C(N)=O. The van der Waals surface area contributed by atoms with Crippen LogP contribution in [-0.4, -0.2) is 192 Å². The van der Waals surface area contributed by atoms with Crippen molar-refractivity contribution in [1.29, 1.82) is 0 Å². The Morgan fingerprint density at radius 1 is 0.405 bits per heavy atom. The number of aromatic amines is 1. The number of carbonyl (C=O) groups is 14. The van der Waals surface area contributed by atoms with E-state index in [4.69, 9.17) is 28.7 Å². The lowest BCUT2D eigenvalue weighted by molar-refractivity contribution is -0.136. The van der Waals surface area contributed by atoms with Crippen molar-refractivity contribution in [1.82, 2.24) is 68.8 Å². The molecule has 1 aromatic heterocycles. The quantitative estimate of drug-likeness (QED) is 0.0228. The number of rotatable bonds is 52. The number of unbranched alkanes of at least 4 members (excludes halogenated alkanes) is 2. The third kappa shape index (κ3) is 32.6. The number of hydrogen-bond donors (Lipinski definition) is 19. The van der Waals surface area contributed by atoms with Gasteiger partial charge in [0.2, 0.25) is 82.7 Å². The lowest BCUT2D eigenvalue weighted by Crippen LogP contribution is -2.61. The molecule has 0 aliphatic heterocycles. The number of aliphatic hydroxyl groups is 1. The molecule has 14 amide bonds. The number of fused-ring (bicyclic) bond motifs is 1. The molecule has 33 nitrogen and oxygen atoms in total.